The van der Waals surface area contributed by atoms with Crippen molar-refractivity contribution < 1.29 is 22.7 Å². The molecule has 0 aromatic carbocycles. The van der Waals surface area contributed by atoms with Gasteiger partial charge in [-0.2, -0.15) is 4.39 Å². The Morgan fingerprint density at radius 2 is 2.20 bits per heavy atom. The monoisotopic (exact) mass is 239 g/mol. The maximum Gasteiger partial charge on any atom is 0.268 e. The minimum Gasteiger partial charge on any atom is -0.495 e. The van der Waals surface area contributed by atoms with Gasteiger partial charge in [-0.1, -0.05) is 0 Å². The summed E-state index contributed by atoms with van der Waals surface area (Å²) in [5, 5.41) is -1.24. The molecule has 0 aliphatic carbocycles. The average Bonchev–Trinajstić information content (AvgIpc) is 2.15. The second-order valence-electron chi connectivity index (χ2n) is 2.49. The first-order chi connectivity index (χ1) is 6.99. The lowest BCUT2D eigenvalue weighted by atomic mass is 10.2. The Balaban J connectivity index is 3.47. The number of hydrogen-bond donors (Lipinski definition) is 0. The molecule has 3 nitrogen and oxygen atoms in total. The van der Waals surface area contributed by atoms with E-state index in [1.807, 2.05) is 0 Å². The van der Waals surface area contributed by atoms with Crippen LogP contribution in [0.25, 0.3) is 0 Å². The molecular weight excluding hydrogens is 235 g/mol. The number of rotatable bonds is 3. The summed E-state index contributed by atoms with van der Waals surface area (Å²) < 4.78 is 42.3. The van der Waals surface area contributed by atoms with Gasteiger partial charge in [-0.3, -0.25) is 4.79 Å². The Morgan fingerprint density at radius 1 is 1.60 bits per heavy atom. The Labute approximate surface area is 87.8 Å². The minimum atomic E-state index is -2.93. The van der Waals surface area contributed by atoms with Crippen molar-refractivity contribution in [3.63, 3.8) is 0 Å². The summed E-state index contributed by atoms with van der Waals surface area (Å²) in [6.45, 7) is 0. The number of carbonyl (C=O) groups excluding carboxylic acids is 1. The van der Waals surface area contributed by atoms with Gasteiger partial charge < -0.3 is 4.74 Å². The van der Waals surface area contributed by atoms with Gasteiger partial charge in [0.1, 0.15) is 11.3 Å². The van der Waals surface area contributed by atoms with E-state index < -0.39 is 34.5 Å². The van der Waals surface area contributed by atoms with Gasteiger partial charge in [0, 0.05) is 6.20 Å². The zero-order valence-corrected chi connectivity index (χ0v) is 8.19. The van der Waals surface area contributed by atoms with Gasteiger partial charge in [0.05, 0.1) is 12.7 Å². The highest BCUT2D eigenvalue weighted by Gasteiger charge is 2.24. The summed E-state index contributed by atoms with van der Waals surface area (Å²) in [4.78, 5) is 13.8. The summed E-state index contributed by atoms with van der Waals surface area (Å²) in [7, 11) is 1.03. The molecule has 0 aliphatic rings. The molecule has 7 heteroatoms. The standard InChI is InChI=1S/C8H5ClF3NO2/c1-15-5-3(7(10)11)2-13-8(12)4(5)6(9)14/h2,7H,1H3. The van der Waals surface area contributed by atoms with Gasteiger partial charge in [0.15, 0.2) is 0 Å². The van der Waals surface area contributed by atoms with Crippen molar-refractivity contribution in [1.82, 2.24) is 4.98 Å². The molecule has 0 N–H and O–H groups in total. The van der Waals surface area contributed by atoms with Gasteiger partial charge in [-0.05, 0) is 11.6 Å². The van der Waals surface area contributed by atoms with Gasteiger partial charge >= 0.3 is 0 Å². The van der Waals surface area contributed by atoms with E-state index in [4.69, 9.17) is 11.6 Å². The number of pyridine rings is 1. The molecule has 1 rings (SSSR count). The summed E-state index contributed by atoms with van der Waals surface area (Å²) in [6.07, 6.45) is -2.33. The van der Waals surface area contributed by atoms with Crippen molar-refractivity contribution in [2.75, 3.05) is 7.11 Å². The lowest BCUT2D eigenvalue weighted by Crippen LogP contribution is -2.05. The highest BCUT2D eigenvalue weighted by atomic mass is 35.5. The predicted molar refractivity (Wildman–Crippen MR) is 45.9 cm³/mol. The number of hydrogen-bond acceptors (Lipinski definition) is 3. The number of carbonyl (C=O) groups is 1. The number of nitrogens with zero attached hydrogens (tertiary/aromatic N) is 1. The van der Waals surface area contributed by atoms with E-state index in [9.17, 15) is 18.0 Å². The van der Waals surface area contributed by atoms with E-state index >= 15 is 0 Å². The maximum absolute atomic E-state index is 13.0. The van der Waals surface area contributed by atoms with Crippen LogP contribution < -0.4 is 4.74 Å². The van der Waals surface area contributed by atoms with Crippen molar-refractivity contribution in [3.05, 3.63) is 23.3 Å². The number of aromatic nitrogens is 1. The first-order valence-corrected chi connectivity index (χ1v) is 4.07. The fourth-order valence-corrected chi connectivity index (χ4v) is 1.20. The fraction of sp³-hybridized carbons (Fsp3) is 0.250. The van der Waals surface area contributed by atoms with Gasteiger partial charge in [0.25, 0.3) is 11.7 Å². The van der Waals surface area contributed by atoms with Crippen molar-refractivity contribution in [3.8, 4) is 5.75 Å². The molecule has 0 saturated heterocycles. The molecule has 0 fully saturated rings. The Hall–Kier alpha value is -1.30. The molecule has 0 saturated carbocycles. The third-order valence-corrected chi connectivity index (χ3v) is 1.84. The molecule has 0 atom stereocenters. The zero-order valence-electron chi connectivity index (χ0n) is 7.43. The summed E-state index contributed by atoms with van der Waals surface area (Å²) >= 11 is 5.03. The molecule has 0 unspecified atom stereocenters. The van der Waals surface area contributed by atoms with Gasteiger partial charge in [0.2, 0.25) is 5.95 Å². The van der Waals surface area contributed by atoms with Crippen LogP contribution in [0.4, 0.5) is 13.2 Å². The van der Waals surface area contributed by atoms with Crippen LogP contribution in [-0.2, 0) is 0 Å². The zero-order chi connectivity index (χ0) is 11.6. The number of halogens is 4. The molecule has 0 amide bonds. The molecule has 0 bridgehead atoms. The molecular formula is C8H5ClF3NO2. The van der Waals surface area contributed by atoms with E-state index in [2.05, 4.69) is 9.72 Å². The first-order valence-electron chi connectivity index (χ1n) is 3.69. The summed E-state index contributed by atoms with van der Waals surface area (Å²) in [5.41, 5.74) is -1.46. The molecule has 1 heterocycles. The van der Waals surface area contributed by atoms with Crippen LogP contribution in [0, 0.1) is 5.95 Å². The highest BCUT2D eigenvalue weighted by molar-refractivity contribution is 6.68. The van der Waals surface area contributed by atoms with E-state index in [0.717, 1.165) is 7.11 Å². The molecule has 82 valence electrons. The molecule has 0 radical (unpaired) electrons. The average molecular weight is 240 g/mol. The van der Waals surface area contributed by atoms with Crippen LogP contribution in [0.5, 0.6) is 5.75 Å². The minimum absolute atomic E-state index is 0.586. The van der Waals surface area contributed by atoms with Crippen molar-refractivity contribution >= 4 is 16.8 Å². The number of ether oxygens (including phenoxy) is 1. The van der Waals surface area contributed by atoms with Crippen LogP contribution >= 0.6 is 11.6 Å². The second kappa shape index (κ2) is 4.48. The van der Waals surface area contributed by atoms with Crippen molar-refractivity contribution in [2.45, 2.75) is 6.43 Å². The maximum atomic E-state index is 13.0. The smallest absolute Gasteiger partial charge is 0.268 e. The van der Waals surface area contributed by atoms with E-state index in [-0.39, 0.29) is 0 Å². The van der Waals surface area contributed by atoms with Gasteiger partial charge in [-0.15, -0.1) is 0 Å². The topological polar surface area (TPSA) is 39.2 Å². The first kappa shape index (κ1) is 11.8. The Morgan fingerprint density at radius 3 is 2.60 bits per heavy atom. The second-order valence-corrected chi connectivity index (χ2v) is 2.83. The highest BCUT2D eigenvalue weighted by Crippen LogP contribution is 2.33. The molecule has 0 aliphatic heterocycles. The third kappa shape index (κ3) is 2.20. The lowest BCUT2D eigenvalue weighted by Gasteiger charge is -2.10. The normalized spacial score (nSPS) is 10.5. The fourth-order valence-electron chi connectivity index (χ4n) is 1.03. The van der Waals surface area contributed by atoms with Crippen LogP contribution in [0.3, 0.4) is 0 Å². The molecule has 1 aromatic heterocycles. The van der Waals surface area contributed by atoms with E-state index in [1.165, 1.54) is 0 Å². The predicted octanol–water partition coefficient (Wildman–Crippen LogP) is 2.55. The lowest BCUT2D eigenvalue weighted by molar-refractivity contribution is 0.107. The van der Waals surface area contributed by atoms with Crippen LogP contribution in [0.15, 0.2) is 6.20 Å². The largest absolute Gasteiger partial charge is 0.495 e. The van der Waals surface area contributed by atoms with Crippen LogP contribution in [0.2, 0.25) is 0 Å². The Kier molecular flexibility index (Phi) is 3.52. The summed E-state index contributed by atoms with van der Waals surface area (Å²) in [5.74, 6) is -1.83. The molecule has 15 heavy (non-hydrogen) atoms. The van der Waals surface area contributed by atoms with Crippen molar-refractivity contribution in [1.29, 1.82) is 0 Å². The van der Waals surface area contributed by atoms with Gasteiger partial charge in [-0.25, -0.2) is 13.8 Å². The quantitative estimate of drug-likeness (QED) is 0.601. The third-order valence-electron chi connectivity index (χ3n) is 1.65. The van der Waals surface area contributed by atoms with E-state index in [0.29, 0.717) is 6.20 Å². The number of alkyl halides is 2. The SMILES string of the molecule is COc1c(C(F)F)cnc(F)c1C(=O)Cl. The van der Waals surface area contributed by atoms with Crippen LogP contribution in [-0.4, -0.2) is 17.3 Å². The van der Waals surface area contributed by atoms with Crippen molar-refractivity contribution in [2.24, 2.45) is 0 Å². The number of methoxy groups -OCH3 is 1. The summed E-state index contributed by atoms with van der Waals surface area (Å²) in [6, 6.07) is 0. The van der Waals surface area contributed by atoms with E-state index in [1.54, 1.807) is 0 Å². The van der Waals surface area contributed by atoms with Crippen LogP contribution in [0.1, 0.15) is 22.3 Å². The Bertz CT molecular complexity index is 398. The molecule has 0 spiro atoms. The molecule has 1 aromatic rings.